The maximum Gasteiger partial charge on any atom is 0.0864 e. The van der Waals surface area contributed by atoms with Crippen LogP contribution >= 0.6 is 0 Å². The molecule has 3 unspecified atom stereocenters. The Labute approximate surface area is 84.9 Å². The quantitative estimate of drug-likeness (QED) is 0.690. The van der Waals surface area contributed by atoms with Crippen molar-refractivity contribution in [2.24, 2.45) is 17.3 Å². The molecule has 0 spiro atoms. The van der Waals surface area contributed by atoms with Gasteiger partial charge in [0.25, 0.3) is 0 Å². The molecular formula is C12H17NO. The van der Waals surface area contributed by atoms with E-state index in [4.69, 9.17) is 0 Å². The highest BCUT2D eigenvalue weighted by atomic mass is 16.3. The van der Waals surface area contributed by atoms with E-state index in [-0.39, 0.29) is 5.41 Å². The molecule has 3 aliphatic carbocycles. The fraction of sp³-hybridized carbons (Fsp3) is 0.917. The van der Waals surface area contributed by atoms with Crippen LogP contribution < -0.4 is 0 Å². The normalized spacial score (nSPS) is 48.6. The van der Waals surface area contributed by atoms with Crippen LogP contribution in [-0.2, 0) is 0 Å². The summed E-state index contributed by atoms with van der Waals surface area (Å²) < 4.78 is 0. The van der Waals surface area contributed by atoms with Crippen molar-refractivity contribution < 1.29 is 5.11 Å². The van der Waals surface area contributed by atoms with Crippen molar-refractivity contribution in [3.05, 3.63) is 0 Å². The largest absolute Gasteiger partial charge is 0.388 e. The van der Waals surface area contributed by atoms with Crippen molar-refractivity contribution in [2.45, 2.75) is 50.5 Å². The first kappa shape index (κ1) is 8.73. The molecule has 3 rings (SSSR count). The second-order valence-corrected chi connectivity index (χ2v) is 5.55. The maximum atomic E-state index is 10.7. The Morgan fingerprint density at radius 3 is 2.43 bits per heavy atom. The molecule has 14 heavy (non-hydrogen) atoms. The highest BCUT2D eigenvalue weighted by Crippen LogP contribution is 2.63. The SMILES string of the molecule is N#CC1(C2(O)CC3CCC2C3)CCC1. The molecule has 0 aromatic carbocycles. The standard InChI is InChI=1S/C12H17NO/c13-8-11(4-1-5-11)12(14)7-9-2-3-10(12)6-9/h9-10,14H,1-7H2. The molecule has 0 aliphatic heterocycles. The van der Waals surface area contributed by atoms with Gasteiger partial charge in [0.1, 0.15) is 0 Å². The minimum atomic E-state index is -0.608. The lowest BCUT2D eigenvalue weighted by Gasteiger charge is -2.50. The summed E-state index contributed by atoms with van der Waals surface area (Å²) in [4.78, 5) is 0. The van der Waals surface area contributed by atoms with Crippen LogP contribution in [0.2, 0.25) is 0 Å². The van der Waals surface area contributed by atoms with Crippen LogP contribution in [0.1, 0.15) is 44.9 Å². The van der Waals surface area contributed by atoms with Crippen molar-refractivity contribution in [3.63, 3.8) is 0 Å². The first-order valence-electron chi connectivity index (χ1n) is 5.84. The number of nitrogens with zero attached hydrogens (tertiary/aromatic N) is 1. The Hall–Kier alpha value is -0.550. The number of aliphatic hydroxyl groups is 1. The Morgan fingerprint density at radius 1 is 1.29 bits per heavy atom. The molecule has 0 saturated heterocycles. The van der Waals surface area contributed by atoms with Gasteiger partial charge in [0, 0.05) is 0 Å². The van der Waals surface area contributed by atoms with Gasteiger partial charge in [-0.25, -0.2) is 0 Å². The molecule has 1 N–H and O–H groups in total. The van der Waals surface area contributed by atoms with Crippen molar-refractivity contribution in [3.8, 4) is 6.07 Å². The van der Waals surface area contributed by atoms with Crippen LogP contribution in [0.15, 0.2) is 0 Å². The summed E-state index contributed by atoms with van der Waals surface area (Å²) in [6, 6.07) is 2.43. The van der Waals surface area contributed by atoms with Gasteiger partial charge in [0.05, 0.1) is 17.1 Å². The van der Waals surface area contributed by atoms with Crippen molar-refractivity contribution in [1.29, 1.82) is 5.26 Å². The van der Waals surface area contributed by atoms with Gasteiger partial charge in [0.15, 0.2) is 0 Å². The van der Waals surface area contributed by atoms with Gasteiger partial charge in [-0.1, -0.05) is 6.42 Å². The van der Waals surface area contributed by atoms with E-state index in [1.807, 2.05) is 0 Å². The lowest BCUT2D eigenvalue weighted by Crippen LogP contribution is -2.54. The highest BCUT2D eigenvalue weighted by Gasteiger charge is 2.63. The van der Waals surface area contributed by atoms with Crippen molar-refractivity contribution in [1.82, 2.24) is 0 Å². The van der Waals surface area contributed by atoms with Crippen LogP contribution in [0.3, 0.4) is 0 Å². The van der Waals surface area contributed by atoms with Crippen LogP contribution in [0.4, 0.5) is 0 Å². The topological polar surface area (TPSA) is 44.0 Å². The fourth-order valence-electron chi connectivity index (χ4n) is 4.06. The van der Waals surface area contributed by atoms with E-state index >= 15 is 0 Å². The summed E-state index contributed by atoms with van der Waals surface area (Å²) >= 11 is 0. The highest BCUT2D eigenvalue weighted by molar-refractivity contribution is 5.21. The third kappa shape index (κ3) is 0.803. The van der Waals surface area contributed by atoms with Gasteiger partial charge >= 0.3 is 0 Å². The first-order chi connectivity index (χ1) is 6.70. The second kappa shape index (κ2) is 2.52. The predicted molar refractivity (Wildman–Crippen MR) is 52.3 cm³/mol. The molecule has 3 fully saturated rings. The Balaban J connectivity index is 1.94. The Kier molecular flexibility index (Phi) is 1.57. The molecular weight excluding hydrogens is 174 g/mol. The van der Waals surface area contributed by atoms with Gasteiger partial charge < -0.3 is 5.11 Å². The number of hydrogen-bond donors (Lipinski definition) is 1. The zero-order valence-corrected chi connectivity index (χ0v) is 8.50. The molecule has 2 bridgehead atoms. The van der Waals surface area contributed by atoms with E-state index in [2.05, 4.69) is 6.07 Å². The fourth-order valence-corrected chi connectivity index (χ4v) is 4.06. The summed E-state index contributed by atoms with van der Waals surface area (Å²) in [5, 5.41) is 20.0. The third-order valence-corrected chi connectivity index (χ3v) is 5.07. The number of fused-ring (bicyclic) bond motifs is 2. The molecule has 0 aromatic rings. The monoisotopic (exact) mass is 191 g/mol. The molecule has 3 atom stereocenters. The molecule has 0 amide bonds. The number of rotatable bonds is 1. The number of hydrogen-bond acceptors (Lipinski definition) is 2. The third-order valence-electron chi connectivity index (χ3n) is 5.07. The van der Waals surface area contributed by atoms with E-state index < -0.39 is 5.60 Å². The van der Waals surface area contributed by atoms with Gasteiger partial charge in [-0.15, -0.1) is 0 Å². The molecule has 3 aliphatic rings. The number of nitriles is 1. The van der Waals surface area contributed by atoms with E-state index in [0.29, 0.717) is 5.92 Å². The minimum Gasteiger partial charge on any atom is -0.388 e. The van der Waals surface area contributed by atoms with E-state index in [1.165, 1.54) is 12.8 Å². The van der Waals surface area contributed by atoms with Gasteiger partial charge in [-0.05, 0) is 50.4 Å². The average molecular weight is 191 g/mol. The molecule has 3 saturated carbocycles. The molecule has 0 aromatic heterocycles. The van der Waals surface area contributed by atoms with Gasteiger partial charge in [-0.3, -0.25) is 0 Å². The van der Waals surface area contributed by atoms with E-state index in [1.54, 1.807) is 0 Å². The van der Waals surface area contributed by atoms with Crippen molar-refractivity contribution >= 4 is 0 Å². The summed E-state index contributed by atoms with van der Waals surface area (Å²) in [5.74, 6) is 1.16. The lowest BCUT2D eigenvalue weighted by molar-refractivity contribution is -0.129. The summed E-state index contributed by atoms with van der Waals surface area (Å²) in [6.07, 6.45) is 7.53. The van der Waals surface area contributed by atoms with Crippen LogP contribution in [0.25, 0.3) is 0 Å². The van der Waals surface area contributed by atoms with E-state index in [0.717, 1.165) is 38.0 Å². The Bertz CT molecular complexity index is 302. The molecule has 0 radical (unpaired) electrons. The predicted octanol–water partition coefficient (Wildman–Crippen LogP) is 2.23. The minimum absolute atomic E-state index is 0.354. The Morgan fingerprint density at radius 2 is 2.07 bits per heavy atom. The zero-order valence-electron chi connectivity index (χ0n) is 8.50. The molecule has 2 heteroatoms. The zero-order chi connectivity index (χ0) is 9.81. The molecule has 0 heterocycles. The average Bonchev–Trinajstić information content (AvgIpc) is 2.62. The van der Waals surface area contributed by atoms with Crippen molar-refractivity contribution in [2.75, 3.05) is 0 Å². The first-order valence-corrected chi connectivity index (χ1v) is 5.84. The van der Waals surface area contributed by atoms with Crippen LogP contribution in [0, 0.1) is 28.6 Å². The molecule has 2 nitrogen and oxygen atoms in total. The summed E-state index contributed by atoms with van der Waals surface area (Å²) in [7, 11) is 0. The summed E-state index contributed by atoms with van der Waals surface area (Å²) in [5.41, 5.74) is -0.963. The van der Waals surface area contributed by atoms with E-state index in [9.17, 15) is 10.4 Å². The van der Waals surface area contributed by atoms with Crippen LogP contribution in [0.5, 0.6) is 0 Å². The molecule has 76 valence electrons. The lowest BCUT2D eigenvalue weighted by atomic mass is 9.55. The van der Waals surface area contributed by atoms with Gasteiger partial charge in [-0.2, -0.15) is 5.26 Å². The summed E-state index contributed by atoms with van der Waals surface area (Å²) in [6.45, 7) is 0. The van der Waals surface area contributed by atoms with Gasteiger partial charge in [0.2, 0.25) is 0 Å². The smallest absolute Gasteiger partial charge is 0.0864 e. The second-order valence-electron chi connectivity index (χ2n) is 5.55. The van der Waals surface area contributed by atoms with Crippen LogP contribution in [-0.4, -0.2) is 10.7 Å². The maximum absolute atomic E-state index is 10.7.